The fraction of sp³-hybridized carbons (Fsp3) is 0.500. The van der Waals surface area contributed by atoms with Gasteiger partial charge in [-0.3, -0.25) is 28.6 Å². The minimum Gasteiger partial charge on any atom is -0.481 e. The molecule has 6 N–H and O–H groups in total. The number of rotatable bonds is 10. The summed E-state index contributed by atoms with van der Waals surface area (Å²) in [6.07, 6.45) is 9.96. The third kappa shape index (κ3) is 12.0. The van der Waals surface area contributed by atoms with Crippen LogP contribution < -0.4 is 30.9 Å². The van der Waals surface area contributed by atoms with E-state index in [1.807, 2.05) is 13.2 Å². The van der Waals surface area contributed by atoms with Crippen LogP contribution >= 0.6 is 19.1 Å². The molecular weight excluding hydrogens is 730 g/mol. The number of benzene rings is 1. The van der Waals surface area contributed by atoms with Gasteiger partial charge < -0.3 is 31.1 Å². The minimum atomic E-state index is -3.10. The number of imide groups is 1. The fourth-order valence-electron chi connectivity index (χ4n) is 5.18. The molecule has 1 aromatic heterocycles. The van der Waals surface area contributed by atoms with E-state index in [-0.39, 0.29) is 54.3 Å². The molecule has 2 atom stereocenters. The monoisotopic (exact) mass is 776 g/mol. The number of nitrogens with two attached hydrogens (primary N) is 1. The molecule has 53 heavy (non-hydrogen) atoms. The topological polar surface area (TPSA) is 230 Å². The van der Waals surface area contributed by atoms with Gasteiger partial charge in [-0.25, -0.2) is 9.29 Å². The van der Waals surface area contributed by atoms with E-state index in [2.05, 4.69) is 52.3 Å². The standard InChI is InChI=1S/C19H15FN2O4.C10H19N5S.C5H12NO4P/c1-2-7-21-15-9-14(13(20)8-16(15)26-10-17(21)23)22-18(24)11-5-3-4-6-12(11)19(22)25;1-6-11-7-12-8(15-10(2,3)4)14-9(13-7)16-5;1-11(9,10)3-2-4(6)5(7)8/h1,8-9H,3-7,10H2;6H2,1-5H3,(H2,11,12,13,14,15);4H,2-3,6H2,1H3,(H,7,8)(H,9,10). The number of hydrogen-bond acceptors (Lipinski definition) is 13. The molecule has 1 aliphatic carbocycles. The summed E-state index contributed by atoms with van der Waals surface area (Å²) in [4.78, 5) is 71.3. The molecule has 2 aromatic rings. The summed E-state index contributed by atoms with van der Waals surface area (Å²) in [6, 6.07) is 1.33. The van der Waals surface area contributed by atoms with Crippen molar-refractivity contribution in [3.63, 3.8) is 0 Å². The zero-order valence-corrected chi connectivity index (χ0v) is 32.3. The Morgan fingerprint density at radius 3 is 2.25 bits per heavy atom. The number of carbonyl (C=O) groups is 4. The maximum Gasteiger partial charge on any atom is 0.320 e. The van der Waals surface area contributed by atoms with Crippen LogP contribution in [0.15, 0.2) is 28.4 Å². The molecule has 1 aromatic carbocycles. The number of carbonyl (C=O) groups excluding carboxylic acids is 3. The molecule has 3 amide bonds. The lowest BCUT2D eigenvalue weighted by molar-refractivity contribution is -0.138. The molecule has 288 valence electrons. The van der Waals surface area contributed by atoms with Crippen LogP contribution in [0.3, 0.4) is 0 Å². The Labute approximate surface area is 312 Å². The lowest BCUT2D eigenvalue weighted by Crippen LogP contribution is -2.39. The van der Waals surface area contributed by atoms with Gasteiger partial charge in [-0.05, 0) is 72.1 Å². The first kappa shape index (κ1) is 42.8. The van der Waals surface area contributed by atoms with E-state index < -0.39 is 37.0 Å². The average molecular weight is 777 g/mol. The number of anilines is 4. The number of amides is 3. The SMILES string of the molecule is C#CCN1C(=O)COc2cc(F)c(N3C(=O)C4=C(CCCC4)C3=O)cc21.CCNc1nc(NC(C)(C)C)nc(SC)n1.CP(=O)(O)CCC(N)C(=O)O. The maximum absolute atomic E-state index is 14.7. The zero-order chi connectivity index (χ0) is 39.7. The number of carboxylic acids is 1. The molecule has 0 spiro atoms. The number of fused-ring (bicyclic) bond motifs is 1. The Balaban J connectivity index is 0.000000240. The van der Waals surface area contributed by atoms with Gasteiger partial charge in [0.15, 0.2) is 24.9 Å². The minimum absolute atomic E-state index is 0.0170. The molecule has 2 unspecified atom stereocenters. The van der Waals surface area contributed by atoms with Crippen molar-refractivity contribution >= 4 is 66.1 Å². The molecule has 19 heteroatoms. The Kier molecular flexibility index (Phi) is 14.9. The van der Waals surface area contributed by atoms with Gasteiger partial charge in [0.2, 0.25) is 11.9 Å². The summed E-state index contributed by atoms with van der Waals surface area (Å²) in [6.45, 7) is 9.95. The molecule has 5 rings (SSSR count). The van der Waals surface area contributed by atoms with Crippen LogP contribution in [0, 0.1) is 18.2 Å². The van der Waals surface area contributed by atoms with Gasteiger partial charge in [0, 0.05) is 42.1 Å². The maximum atomic E-state index is 14.7. The van der Waals surface area contributed by atoms with Crippen LogP contribution in [0.4, 0.5) is 27.7 Å². The van der Waals surface area contributed by atoms with E-state index in [1.54, 1.807) is 0 Å². The van der Waals surface area contributed by atoms with Crippen LogP contribution in [-0.4, -0.2) is 99.0 Å². The molecule has 0 saturated carbocycles. The first-order valence-electron chi connectivity index (χ1n) is 16.7. The summed E-state index contributed by atoms with van der Waals surface area (Å²) < 4.78 is 30.6. The second-order valence-electron chi connectivity index (χ2n) is 13.2. The van der Waals surface area contributed by atoms with Crippen molar-refractivity contribution in [2.75, 3.05) is 59.2 Å². The highest BCUT2D eigenvalue weighted by molar-refractivity contribution is 7.98. The van der Waals surface area contributed by atoms with E-state index in [4.69, 9.17) is 26.9 Å². The van der Waals surface area contributed by atoms with Crippen LogP contribution in [0.5, 0.6) is 5.75 Å². The summed E-state index contributed by atoms with van der Waals surface area (Å²) in [7, 11) is -3.10. The van der Waals surface area contributed by atoms with Crippen molar-refractivity contribution in [3.05, 3.63) is 29.1 Å². The predicted octanol–water partition coefficient (Wildman–Crippen LogP) is 3.85. The highest BCUT2D eigenvalue weighted by atomic mass is 32.2. The normalized spacial score (nSPS) is 16.8. The van der Waals surface area contributed by atoms with E-state index in [0.29, 0.717) is 35.9 Å². The molecular formula is C34H46FN8O8PS. The third-order valence-electron chi connectivity index (χ3n) is 7.64. The number of terminal acetylenes is 1. The van der Waals surface area contributed by atoms with Gasteiger partial charge in [-0.2, -0.15) is 15.0 Å². The van der Waals surface area contributed by atoms with Crippen LogP contribution in [0.2, 0.25) is 0 Å². The second-order valence-corrected chi connectivity index (χ2v) is 16.6. The highest BCUT2D eigenvalue weighted by Gasteiger charge is 2.41. The number of halogens is 1. The Bertz CT molecular complexity index is 1810. The van der Waals surface area contributed by atoms with E-state index in [9.17, 15) is 28.1 Å². The number of aliphatic carboxylic acids is 1. The van der Waals surface area contributed by atoms with Crippen molar-refractivity contribution in [3.8, 4) is 18.1 Å². The van der Waals surface area contributed by atoms with E-state index >= 15 is 0 Å². The zero-order valence-electron chi connectivity index (χ0n) is 30.6. The van der Waals surface area contributed by atoms with E-state index in [1.165, 1.54) is 29.4 Å². The highest BCUT2D eigenvalue weighted by Crippen LogP contribution is 2.42. The number of hydrogen-bond donors (Lipinski definition) is 5. The number of nitrogens with zero attached hydrogens (tertiary/aromatic N) is 5. The molecule has 0 saturated heterocycles. The second kappa shape index (κ2) is 18.5. The van der Waals surface area contributed by atoms with Crippen molar-refractivity contribution in [2.45, 2.75) is 76.5 Å². The molecule has 16 nitrogen and oxygen atoms in total. The molecule has 0 bridgehead atoms. The Morgan fingerprint density at radius 1 is 1.13 bits per heavy atom. The molecule has 2 aliphatic heterocycles. The number of thioether (sulfide) groups is 1. The molecule has 0 radical (unpaired) electrons. The van der Waals surface area contributed by atoms with Gasteiger partial charge >= 0.3 is 5.97 Å². The predicted molar refractivity (Wildman–Crippen MR) is 201 cm³/mol. The summed E-state index contributed by atoms with van der Waals surface area (Å²) in [5.74, 6) is 0.498. The summed E-state index contributed by atoms with van der Waals surface area (Å²) in [5, 5.41) is 15.3. The smallest absolute Gasteiger partial charge is 0.320 e. The summed E-state index contributed by atoms with van der Waals surface area (Å²) in [5.41, 5.74) is 6.03. The lowest BCUT2D eigenvalue weighted by Gasteiger charge is -2.29. The van der Waals surface area contributed by atoms with Crippen molar-refractivity contribution in [2.24, 2.45) is 5.73 Å². The van der Waals surface area contributed by atoms with Gasteiger partial charge in [0.25, 0.3) is 17.7 Å². The number of aromatic nitrogens is 3. The fourth-order valence-corrected chi connectivity index (χ4v) is 6.30. The van der Waals surface area contributed by atoms with Crippen LogP contribution in [0.1, 0.15) is 59.8 Å². The van der Waals surface area contributed by atoms with Gasteiger partial charge in [0.1, 0.15) is 11.8 Å². The number of carboxylic acid groups (broad SMARTS) is 1. The van der Waals surface area contributed by atoms with Crippen LogP contribution in [0.25, 0.3) is 0 Å². The molecule has 0 fully saturated rings. The van der Waals surface area contributed by atoms with Gasteiger partial charge in [-0.1, -0.05) is 17.7 Å². The molecule has 3 heterocycles. The average Bonchev–Trinajstić information content (AvgIpc) is 3.33. The lowest BCUT2D eigenvalue weighted by atomic mass is 9.93. The molecule has 3 aliphatic rings. The van der Waals surface area contributed by atoms with Crippen molar-refractivity contribution < 1.29 is 42.9 Å². The largest absolute Gasteiger partial charge is 0.481 e. The van der Waals surface area contributed by atoms with Crippen molar-refractivity contribution in [1.82, 2.24) is 15.0 Å². The van der Waals surface area contributed by atoms with Gasteiger partial charge in [-0.15, -0.1) is 6.42 Å². The Hall–Kier alpha value is -4.56. The van der Waals surface area contributed by atoms with Crippen LogP contribution in [-0.2, 0) is 23.7 Å². The van der Waals surface area contributed by atoms with Crippen molar-refractivity contribution in [1.29, 1.82) is 0 Å². The summed E-state index contributed by atoms with van der Waals surface area (Å²) >= 11 is 1.51. The quantitative estimate of drug-likeness (QED) is 0.0999. The Morgan fingerprint density at radius 2 is 1.74 bits per heavy atom. The van der Waals surface area contributed by atoms with Gasteiger partial charge in [0.05, 0.1) is 17.9 Å². The van der Waals surface area contributed by atoms with E-state index in [0.717, 1.165) is 35.5 Å². The first-order chi connectivity index (χ1) is 24.8. The first-order valence-corrected chi connectivity index (χ1v) is 20.2. The third-order valence-corrected chi connectivity index (χ3v) is 9.28. The number of ether oxygens (including phenoxy) is 1. The number of nitrogens with one attached hydrogen (secondary N) is 2.